The number of fused-ring (bicyclic) bond motifs is 2. The zero-order chi connectivity index (χ0) is 28.5. The van der Waals surface area contributed by atoms with Crippen molar-refractivity contribution in [3.8, 4) is 0 Å². The quantitative estimate of drug-likeness (QED) is 0.194. The van der Waals surface area contributed by atoms with E-state index < -0.39 is 10.1 Å². The van der Waals surface area contributed by atoms with Gasteiger partial charge in [0.1, 0.15) is 0 Å². The third kappa shape index (κ3) is 10.6. The van der Waals surface area contributed by atoms with Gasteiger partial charge in [-0.1, -0.05) is 17.7 Å². The van der Waals surface area contributed by atoms with Crippen LogP contribution in [0.15, 0.2) is 29.2 Å². The maximum Gasteiger partial charge on any atom is 0.294 e. The number of nitrogens with one attached hydrogen (secondary N) is 2. The smallest absolute Gasteiger partial charge is 0.294 e. The molecule has 4 aliphatic rings. The van der Waals surface area contributed by atoms with Crippen LogP contribution in [-0.4, -0.2) is 56.8 Å². The predicted molar refractivity (Wildman–Crippen MR) is 147 cm³/mol. The average molecular weight is 585 g/mol. The van der Waals surface area contributed by atoms with E-state index in [1.165, 1.54) is 31.4 Å². The number of hydrogen-bond acceptors (Lipinski definition) is 7. The summed E-state index contributed by atoms with van der Waals surface area (Å²) in [4.78, 5) is 27.5. The Morgan fingerprint density at radius 3 is 1.98 bits per heavy atom. The Bertz CT molecular complexity index is 1020. The third-order valence-electron chi connectivity index (χ3n) is 8.62. The average Bonchev–Trinajstić information content (AvgIpc) is 3.75. The molecule has 0 spiro atoms. The minimum Gasteiger partial charge on any atom is -0.355 e. The molecule has 11 heteroatoms. The molecule has 9 nitrogen and oxygen atoms in total. The molecule has 0 aliphatic heterocycles. The van der Waals surface area contributed by atoms with Crippen molar-refractivity contribution in [2.24, 2.45) is 23.7 Å². The maximum absolute atomic E-state index is 12.5. The molecule has 2 bridgehead atoms. The molecule has 4 fully saturated rings. The van der Waals surface area contributed by atoms with Gasteiger partial charge in [0.15, 0.2) is 0 Å². The molecule has 4 saturated carbocycles. The number of hydrogen-bond donors (Lipinski definition) is 3. The summed E-state index contributed by atoms with van der Waals surface area (Å²) < 4.78 is 42.1. The van der Waals surface area contributed by atoms with Gasteiger partial charge in [-0.25, -0.2) is 9.78 Å². The summed E-state index contributed by atoms with van der Waals surface area (Å²) in [6.07, 6.45) is 11.5. The van der Waals surface area contributed by atoms with Crippen molar-refractivity contribution >= 4 is 16.0 Å². The number of aryl methyl sites for hydroxylation is 1. The first-order valence-corrected chi connectivity index (χ1v) is 16.2. The highest BCUT2D eigenvalue weighted by Crippen LogP contribution is 2.42. The monoisotopic (exact) mass is 584 g/mol. The van der Waals surface area contributed by atoms with Gasteiger partial charge >= 0.3 is 0 Å². The van der Waals surface area contributed by atoms with Gasteiger partial charge in [0.05, 0.1) is 29.8 Å². The Balaban J connectivity index is 0.000000283. The van der Waals surface area contributed by atoms with Crippen LogP contribution in [0.1, 0.15) is 76.2 Å². The van der Waals surface area contributed by atoms with Gasteiger partial charge in [0.2, 0.25) is 5.91 Å². The fourth-order valence-electron chi connectivity index (χ4n) is 6.21. The van der Waals surface area contributed by atoms with Gasteiger partial charge < -0.3 is 10.6 Å². The highest BCUT2D eigenvalue weighted by molar-refractivity contribution is 7.85. The van der Waals surface area contributed by atoms with Gasteiger partial charge in [-0.05, 0) is 124 Å². The van der Waals surface area contributed by atoms with Crippen molar-refractivity contribution in [2.45, 2.75) is 101 Å². The summed E-state index contributed by atoms with van der Waals surface area (Å²) in [5, 5.41) is 6.30. The van der Waals surface area contributed by atoms with Crippen molar-refractivity contribution in [3.05, 3.63) is 29.8 Å². The zero-order valence-corrected chi connectivity index (χ0v) is 24.2. The van der Waals surface area contributed by atoms with Gasteiger partial charge in [0.25, 0.3) is 10.1 Å². The fourth-order valence-corrected chi connectivity index (χ4v) is 6.69. The van der Waals surface area contributed by atoms with Crippen molar-refractivity contribution < 1.29 is 37.0 Å². The summed E-state index contributed by atoms with van der Waals surface area (Å²) >= 11 is 0. The van der Waals surface area contributed by atoms with Crippen LogP contribution in [0, 0.1) is 30.6 Å². The highest BCUT2D eigenvalue weighted by Gasteiger charge is 2.38. The Kier molecular flexibility index (Phi) is 11.8. The lowest BCUT2D eigenvalue weighted by atomic mass is 9.70. The lowest BCUT2D eigenvalue weighted by Crippen LogP contribution is -2.39. The van der Waals surface area contributed by atoms with Crippen LogP contribution in [-0.2, 0) is 29.6 Å². The van der Waals surface area contributed by atoms with Crippen LogP contribution in [0.5, 0.6) is 0 Å². The molecule has 5 rings (SSSR count). The molecule has 1 amide bonds. The highest BCUT2D eigenvalue weighted by atomic mass is 32.2. The van der Waals surface area contributed by atoms with Gasteiger partial charge in [-0.3, -0.25) is 9.35 Å². The molecule has 40 heavy (non-hydrogen) atoms. The minimum absolute atomic E-state index is 0.0666. The molecule has 0 saturated heterocycles. The maximum atomic E-state index is 12.5. The third-order valence-corrected chi connectivity index (χ3v) is 9.49. The fraction of sp³-hybridized carbons (Fsp3) is 0.759. The van der Waals surface area contributed by atoms with Crippen molar-refractivity contribution in [2.75, 3.05) is 19.6 Å². The van der Waals surface area contributed by atoms with Crippen molar-refractivity contribution in [1.82, 2.24) is 10.6 Å². The molecular weight excluding hydrogens is 539 g/mol. The predicted octanol–water partition coefficient (Wildman–Crippen LogP) is 4.70. The Hall–Kier alpha value is -1.63. The lowest BCUT2D eigenvalue weighted by Gasteiger charge is -2.40. The van der Waals surface area contributed by atoms with Crippen molar-refractivity contribution in [3.63, 3.8) is 0 Å². The van der Waals surface area contributed by atoms with Crippen LogP contribution >= 0.6 is 0 Å². The standard InChI is InChI=1S/C22H37FN2O4.C7H8O3S/c23-27-20-8-17-7-18(9-20)11-21(10-17)29-28-19-5-3-16(4-6-19)13-25-22(26)14-24-12-15-1-2-15;1-6-2-4-7(5-3-6)11(8,9)10/h15-21,24H,1-14H2,(H,25,26);2-5H,1H3,(H,8,9,10). The second kappa shape index (κ2) is 15.0. The normalized spacial score (nSPS) is 30.2. The molecule has 2 atom stereocenters. The molecule has 3 N–H and O–H groups in total. The second-order valence-electron chi connectivity index (χ2n) is 12.2. The van der Waals surface area contributed by atoms with E-state index in [0.717, 1.165) is 75.9 Å². The van der Waals surface area contributed by atoms with E-state index in [4.69, 9.17) is 14.3 Å². The molecule has 226 valence electrons. The van der Waals surface area contributed by atoms with Crippen LogP contribution in [0.4, 0.5) is 4.53 Å². The SMILES string of the molecule is Cc1ccc(S(=O)(=O)O)cc1.O=C(CNCC1CC1)NCC1CCC(OOC2CC3CC(CC(OF)C3)C2)CC1. The number of halogens is 1. The van der Waals surface area contributed by atoms with Crippen LogP contribution < -0.4 is 10.6 Å². The number of carbonyl (C=O) groups is 1. The zero-order valence-electron chi connectivity index (χ0n) is 23.4. The first-order chi connectivity index (χ1) is 19.2. The summed E-state index contributed by atoms with van der Waals surface area (Å²) in [5.74, 6) is 2.43. The van der Waals surface area contributed by atoms with Crippen molar-refractivity contribution in [1.29, 1.82) is 0 Å². The summed E-state index contributed by atoms with van der Waals surface area (Å²) in [7, 11) is -4.02. The van der Waals surface area contributed by atoms with E-state index in [-0.39, 0.29) is 29.1 Å². The topological polar surface area (TPSA) is 123 Å². The summed E-state index contributed by atoms with van der Waals surface area (Å²) in [6, 6.07) is 5.99. The van der Waals surface area contributed by atoms with Gasteiger partial charge in [0, 0.05) is 6.54 Å². The first kappa shape index (κ1) is 31.3. The summed E-state index contributed by atoms with van der Waals surface area (Å²) in [5.41, 5.74) is 0.956. The number of rotatable bonds is 11. The van der Waals surface area contributed by atoms with Crippen LogP contribution in [0.25, 0.3) is 0 Å². The van der Waals surface area contributed by atoms with Gasteiger partial charge in [-0.15, -0.1) is 0 Å². The molecule has 1 aromatic rings. The van der Waals surface area contributed by atoms with Crippen LogP contribution in [0.3, 0.4) is 0 Å². The molecular formula is C29H45FN2O7S. The summed E-state index contributed by atoms with van der Waals surface area (Å²) in [6.45, 7) is 4.02. The first-order valence-electron chi connectivity index (χ1n) is 14.8. The van der Waals surface area contributed by atoms with E-state index in [1.807, 2.05) is 6.92 Å². The minimum atomic E-state index is -4.02. The van der Waals surface area contributed by atoms with Crippen LogP contribution in [0.2, 0.25) is 0 Å². The van der Waals surface area contributed by atoms with E-state index in [2.05, 4.69) is 15.6 Å². The number of benzene rings is 1. The largest absolute Gasteiger partial charge is 0.355 e. The lowest BCUT2D eigenvalue weighted by molar-refractivity contribution is -0.364. The van der Waals surface area contributed by atoms with E-state index in [0.29, 0.717) is 24.3 Å². The molecule has 1 aromatic carbocycles. The number of amides is 1. The van der Waals surface area contributed by atoms with Gasteiger partial charge in [-0.2, -0.15) is 13.4 Å². The Labute approximate surface area is 237 Å². The van der Waals surface area contributed by atoms with E-state index in [1.54, 1.807) is 12.1 Å². The van der Waals surface area contributed by atoms with E-state index >= 15 is 0 Å². The molecule has 0 radical (unpaired) electrons. The second-order valence-corrected chi connectivity index (χ2v) is 13.7. The molecule has 0 heterocycles. The molecule has 2 unspecified atom stereocenters. The molecule has 0 aromatic heterocycles. The number of carbonyl (C=O) groups excluding carboxylic acids is 1. The Morgan fingerprint density at radius 1 is 0.850 bits per heavy atom. The van der Waals surface area contributed by atoms with E-state index in [9.17, 15) is 17.7 Å². The molecule has 4 aliphatic carbocycles. The Morgan fingerprint density at radius 2 is 1.40 bits per heavy atom.